The molecule has 0 spiro atoms. The highest BCUT2D eigenvalue weighted by Crippen LogP contribution is 2.18. The van der Waals surface area contributed by atoms with Gasteiger partial charge in [-0.1, -0.05) is 18.2 Å². The highest BCUT2D eigenvalue weighted by Gasteiger charge is 2.18. The molecule has 1 aromatic carbocycles. The van der Waals surface area contributed by atoms with Gasteiger partial charge in [-0.2, -0.15) is 0 Å². The lowest BCUT2D eigenvalue weighted by Crippen LogP contribution is -2.31. The number of rotatable bonds is 6. The summed E-state index contributed by atoms with van der Waals surface area (Å²) in [5, 5.41) is 3.34. The second kappa shape index (κ2) is 7.93. The zero-order valence-electron chi connectivity index (χ0n) is 13.9. The molecule has 1 N–H and O–H groups in total. The maximum absolute atomic E-state index is 12.8. The Balaban J connectivity index is 1.71. The van der Waals surface area contributed by atoms with Gasteiger partial charge >= 0.3 is 0 Å². The van der Waals surface area contributed by atoms with Gasteiger partial charge in [0.05, 0.1) is 6.10 Å². The number of carbonyl (C=O) groups excluding carboxylic acids is 1. The van der Waals surface area contributed by atoms with Crippen LogP contribution in [-0.4, -0.2) is 36.7 Å². The van der Waals surface area contributed by atoms with E-state index in [9.17, 15) is 4.79 Å². The Morgan fingerprint density at radius 3 is 2.88 bits per heavy atom. The first-order valence-electron chi connectivity index (χ1n) is 8.46. The zero-order valence-corrected chi connectivity index (χ0v) is 13.9. The van der Waals surface area contributed by atoms with Crippen molar-refractivity contribution in [3.63, 3.8) is 0 Å². The summed E-state index contributed by atoms with van der Waals surface area (Å²) in [6.45, 7) is 4.16. The van der Waals surface area contributed by atoms with Crippen molar-refractivity contribution in [3.8, 4) is 0 Å². The minimum Gasteiger partial charge on any atom is -0.382 e. The van der Waals surface area contributed by atoms with Crippen molar-refractivity contribution in [3.05, 3.63) is 54.4 Å². The first kappa shape index (κ1) is 16.5. The summed E-state index contributed by atoms with van der Waals surface area (Å²) in [5.74, 6) is -0.0931. The number of hydrogen-bond acceptors (Lipinski definition) is 4. The standard InChI is InChI=1S/C19H23N3O2/c1-2-22(16-7-4-3-5-8-16)19(23)18-13-15(10-11-20-18)21-14-17-9-6-12-24-17/h3-5,7-8,10-11,13,17H,2,6,9,12,14H2,1H3,(H,20,21). The number of nitrogens with zero attached hydrogens (tertiary/aromatic N) is 2. The maximum atomic E-state index is 12.8. The molecule has 2 heterocycles. The van der Waals surface area contributed by atoms with Crippen LogP contribution in [0.2, 0.25) is 0 Å². The predicted octanol–water partition coefficient (Wildman–Crippen LogP) is 3.34. The Morgan fingerprint density at radius 1 is 1.33 bits per heavy atom. The van der Waals surface area contributed by atoms with Gasteiger partial charge in [-0.15, -0.1) is 0 Å². The third-order valence-electron chi connectivity index (χ3n) is 4.17. The third-order valence-corrected chi connectivity index (χ3v) is 4.17. The van der Waals surface area contributed by atoms with E-state index >= 15 is 0 Å². The van der Waals surface area contributed by atoms with Gasteiger partial charge in [0.2, 0.25) is 0 Å². The smallest absolute Gasteiger partial charge is 0.276 e. The van der Waals surface area contributed by atoms with Crippen LogP contribution in [0.5, 0.6) is 0 Å². The summed E-state index contributed by atoms with van der Waals surface area (Å²) in [4.78, 5) is 18.8. The van der Waals surface area contributed by atoms with Crippen LogP contribution < -0.4 is 10.2 Å². The van der Waals surface area contributed by atoms with E-state index in [2.05, 4.69) is 10.3 Å². The molecule has 2 aromatic rings. The Kier molecular flexibility index (Phi) is 5.43. The molecule has 0 radical (unpaired) electrons. The Labute approximate surface area is 142 Å². The zero-order chi connectivity index (χ0) is 16.8. The molecular formula is C19H23N3O2. The molecule has 1 aliphatic rings. The average Bonchev–Trinajstić information content (AvgIpc) is 3.15. The van der Waals surface area contributed by atoms with Crippen molar-refractivity contribution in [1.29, 1.82) is 0 Å². The van der Waals surface area contributed by atoms with Crippen LogP contribution in [0.4, 0.5) is 11.4 Å². The van der Waals surface area contributed by atoms with Gasteiger partial charge in [0.1, 0.15) is 5.69 Å². The van der Waals surface area contributed by atoms with Gasteiger partial charge in [0, 0.05) is 37.3 Å². The van der Waals surface area contributed by atoms with Crippen molar-refractivity contribution < 1.29 is 9.53 Å². The number of nitrogens with one attached hydrogen (secondary N) is 1. The number of carbonyl (C=O) groups is 1. The number of aromatic nitrogens is 1. The van der Waals surface area contributed by atoms with Crippen molar-refractivity contribution in [1.82, 2.24) is 4.98 Å². The minimum atomic E-state index is -0.0931. The molecule has 5 heteroatoms. The second-order valence-electron chi connectivity index (χ2n) is 5.83. The summed E-state index contributed by atoms with van der Waals surface area (Å²) in [7, 11) is 0. The first-order chi connectivity index (χ1) is 11.8. The van der Waals surface area contributed by atoms with Crippen LogP contribution in [-0.2, 0) is 4.74 Å². The van der Waals surface area contributed by atoms with E-state index in [-0.39, 0.29) is 12.0 Å². The lowest BCUT2D eigenvalue weighted by atomic mass is 10.2. The number of amides is 1. The normalized spacial score (nSPS) is 16.8. The molecule has 1 saturated heterocycles. The van der Waals surface area contributed by atoms with E-state index in [0.717, 1.165) is 37.4 Å². The van der Waals surface area contributed by atoms with Gasteiger partial charge < -0.3 is 15.0 Å². The lowest BCUT2D eigenvalue weighted by molar-refractivity contribution is 0.0983. The summed E-state index contributed by atoms with van der Waals surface area (Å²) in [6.07, 6.45) is 4.13. The number of hydrogen-bond donors (Lipinski definition) is 1. The molecule has 1 amide bonds. The van der Waals surface area contributed by atoms with Crippen LogP contribution in [0.25, 0.3) is 0 Å². The van der Waals surface area contributed by atoms with Gasteiger partial charge in [0.25, 0.3) is 5.91 Å². The minimum absolute atomic E-state index is 0.0931. The largest absolute Gasteiger partial charge is 0.382 e. The second-order valence-corrected chi connectivity index (χ2v) is 5.83. The summed E-state index contributed by atoms with van der Waals surface area (Å²) in [6, 6.07) is 13.3. The third kappa shape index (κ3) is 3.92. The molecular weight excluding hydrogens is 302 g/mol. The SMILES string of the molecule is CCN(C(=O)c1cc(NCC2CCCO2)ccn1)c1ccccc1. The topological polar surface area (TPSA) is 54.5 Å². The molecule has 0 aliphatic carbocycles. The molecule has 5 nitrogen and oxygen atoms in total. The molecule has 1 aliphatic heterocycles. The van der Waals surface area contributed by atoms with Crippen molar-refractivity contribution in [2.24, 2.45) is 0 Å². The molecule has 126 valence electrons. The highest BCUT2D eigenvalue weighted by molar-refractivity contribution is 6.05. The Morgan fingerprint density at radius 2 is 2.17 bits per heavy atom. The van der Waals surface area contributed by atoms with E-state index < -0.39 is 0 Å². The summed E-state index contributed by atoms with van der Waals surface area (Å²) >= 11 is 0. The number of benzene rings is 1. The van der Waals surface area contributed by atoms with Crippen molar-refractivity contribution in [2.45, 2.75) is 25.9 Å². The maximum Gasteiger partial charge on any atom is 0.276 e. The van der Waals surface area contributed by atoms with Crippen molar-refractivity contribution >= 4 is 17.3 Å². The highest BCUT2D eigenvalue weighted by atomic mass is 16.5. The Hall–Kier alpha value is -2.40. The fourth-order valence-electron chi connectivity index (χ4n) is 2.88. The molecule has 3 rings (SSSR count). The average molecular weight is 325 g/mol. The van der Waals surface area contributed by atoms with E-state index in [1.165, 1.54) is 0 Å². The van der Waals surface area contributed by atoms with Gasteiger partial charge in [-0.05, 0) is 44.0 Å². The van der Waals surface area contributed by atoms with Gasteiger partial charge in [0.15, 0.2) is 0 Å². The van der Waals surface area contributed by atoms with Crippen molar-refractivity contribution in [2.75, 3.05) is 29.9 Å². The van der Waals surface area contributed by atoms with E-state index in [1.807, 2.05) is 49.4 Å². The predicted molar refractivity (Wildman–Crippen MR) is 95.5 cm³/mol. The van der Waals surface area contributed by atoms with Crippen LogP contribution in [0.1, 0.15) is 30.3 Å². The molecule has 1 fully saturated rings. The van der Waals surface area contributed by atoms with Crippen LogP contribution in [0.15, 0.2) is 48.7 Å². The molecule has 0 bridgehead atoms. The number of pyridine rings is 1. The molecule has 1 aromatic heterocycles. The quantitative estimate of drug-likeness (QED) is 0.885. The molecule has 24 heavy (non-hydrogen) atoms. The van der Waals surface area contributed by atoms with Crippen LogP contribution in [0.3, 0.4) is 0 Å². The van der Waals surface area contributed by atoms with Gasteiger partial charge in [-0.25, -0.2) is 0 Å². The summed E-state index contributed by atoms with van der Waals surface area (Å²) in [5.41, 5.74) is 2.22. The Bertz CT molecular complexity index is 669. The lowest BCUT2D eigenvalue weighted by Gasteiger charge is -2.21. The molecule has 1 atom stereocenters. The van der Waals surface area contributed by atoms with Crippen LogP contribution >= 0.6 is 0 Å². The number of anilines is 2. The monoisotopic (exact) mass is 325 g/mol. The van der Waals surface area contributed by atoms with E-state index in [0.29, 0.717) is 12.2 Å². The first-order valence-corrected chi connectivity index (χ1v) is 8.46. The van der Waals surface area contributed by atoms with E-state index in [1.54, 1.807) is 11.1 Å². The van der Waals surface area contributed by atoms with Gasteiger partial charge in [-0.3, -0.25) is 9.78 Å². The fraction of sp³-hybridized carbons (Fsp3) is 0.368. The molecule has 0 saturated carbocycles. The van der Waals surface area contributed by atoms with E-state index in [4.69, 9.17) is 4.74 Å². The number of para-hydroxylation sites is 1. The summed E-state index contributed by atoms with van der Waals surface area (Å²) < 4.78 is 5.61. The van der Waals surface area contributed by atoms with Crippen LogP contribution in [0, 0.1) is 0 Å². The molecule has 1 unspecified atom stereocenters. The number of ether oxygens (including phenoxy) is 1. The fourth-order valence-corrected chi connectivity index (χ4v) is 2.88.